The highest BCUT2D eigenvalue weighted by atomic mass is 16.4. The lowest BCUT2D eigenvalue weighted by molar-refractivity contribution is -0.136. The molecule has 0 rings (SSSR count). The summed E-state index contributed by atoms with van der Waals surface area (Å²) >= 11 is 0. The van der Waals surface area contributed by atoms with E-state index in [2.05, 4.69) is 6.92 Å². The van der Waals surface area contributed by atoms with Gasteiger partial charge in [-0.2, -0.15) is 0 Å². The van der Waals surface area contributed by atoms with Crippen molar-refractivity contribution in [1.82, 2.24) is 0 Å². The van der Waals surface area contributed by atoms with Crippen molar-refractivity contribution in [3.63, 3.8) is 0 Å². The SMILES string of the molecule is CC/C=C\C/C(O)=C/C/C=C\C/C=C\C/C=C(\O)C/C=C\CCC(=O)O. The first-order valence-corrected chi connectivity index (χ1v) is 9.14. The molecule has 144 valence electrons. The Morgan fingerprint density at radius 2 is 1.19 bits per heavy atom. The Labute approximate surface area is 157 Å². The van der Waals surface area contributed by atoms with E-state index in [9.17, 15) is 15.0 Å². The highest BCUT2D eigenvalue weighted by Gasteiger charge is 1.92. The molecule has 4 nitrogen and oxygen atoms in total. The zero-order chi connectivity index (χ0) is 19.5. The molecule has 0 aliphatic heterocycles. The number of aliphatic carboxylic acids is 1. The summed E-state index contributed by atoms with van der Waals surface area (Å²) in [6.07, 6.45) is 23.9. The van der Waals surface area contributed by atoms with E-state index in [1.54, 1.807) is 18.2 Å². The van der Waals surface area contributed by atoms with Crippen LogP contribution in [0.25, 0.3) is 0 Å². The summed E-state index contributed by atoms with van der Waals surface area (Å²) < 4.78 is 0. The van der Waals surface area contributed by atoms with Crippen LogP contribution >= 0.6 is 0 Å². The molecule has 0 heterocycles. The number of hydrogen-bond donors (Lipinski definition) is 3. The molecule has 0 radical (unpaired) electrons. The van der Waals surface area contributed by atoms with Crippen LogP contribution in [0.15, 0.2) is 72.3 Å². The molecule has 0 aromatic rings. The zero-order valence-corrected chi connectivity index (χ0v) is 15.7. The summed E-state index contributed by atoms with van der Waals surface area (Å²) in [6.45, 7) is 2.06. The third kappa shape index (κ3) is 17.9. The molecular weight excluding hydrogens is 328 g/mol. The largest absolute Gasteiger partial charge is 0.512 e. The summed E-state index contributed by atoms with van der Waals surface area (Å²) in [5.74, 6) is -0.132. The second-order valence-corrected chi connectivity index (χ2v) is 5.73. The molecule has 0 amide bonds. The Hall–Kier alpha value is -2.49. The van der Waals surface area contributed by atoms with E-state index < -0.39 is 5.97 Å². The van der Waals surface area contributed by atoms with E-state index in [0.717, 1.165) is 12.8 Å². The molecule has 0 aliphatic rings. The predicted octanol–water partition coefficient (Wildman–Crippen LogP) is 6.32. The van der Waals surface area contributed by atoms with Crippen LogP contribution < -0.4 is 0 Å². The first-order chi connectivity index (χ1) is 12.6. The van der Waals surface area contributed by atoms with Crippen LogP contribution in [0.4, 0.5) is 0 Å². The number of rotatable bonds is 14. The smallest absolute Gasteiger partial charge is 0.303 e. The highest BCUT2D eigenvalue weighted by molar-refractivity contribution is 5.66. The number of carbonyl (C=O) groups is 1. The van der Waals surface area contributed by atoms with Crippen molar-refractivity contribution < 1.29 is 20.1 Å². The minimum atomic E-state index is -0.814. The molecule has 0 aliphatic carbocycles. The minimum Gasteiger partial charge on any atom is -0.512 e. The Bertz CT molecular complexity index is 548. The van der Waals surface area contributed by atoms with Crippen LogP contribution in [0, 0.1) is 0 Å². The fourth-order valence-corrected chi connectivity index (χ4v) is 1.94. The molecular formula is C22H32O4. The van der Waals surface area contributed by atoms with Gasteiger partial charge in [-0.25, -0.2) is 0 Å². The maximum Gasteiger partial charge on any atom is 0.303 e. The van der Waals surface area contributed by atoms with Crippen molar-refractivity contribution in [2.45, 2.75) is 58.3 Å². The Kier molecular flexibility index (Phi) is 15.7. The maximum absolute atomic E-state index is 10.3. The topological polar surface area (TPSA) is 77.8 Å². The number of carboxylic acid groups (broad SMARTS) is 1. The summed E-state index contributed by atoms with van der Waals surface area (Å²) in [5, 5.41) is 27.8. The summed E-state index contributed by atoms with van der Waals surface area (Å²) in [7, 11) is 0. The van der Waals surface area contributed by atoms with Crippen LogP contribution in [-0.4, -0.2) is 21.3 Å². The lowest BCUT2D eigenvalue weighted by Gasteiger charge is -1.94. The molecule has 0 unspecified atom stereocenters. The van der Waals surface area contributed by atoms with Crippen LogP contribution in [0.1, 0.15) is 58.3 Å². The van der Waals surface area contributed by atoms with E-state index >= 15 is 0 Å². The number of aliphatic hydroxyl groups is 2. The van der Waals surface area contributed by atoms with E-state index in [1.165, 1.54) is 0 Å². The van der Waals surface area contributed by atoms with Crippen molar-refractivity contribution in [1.29, 1.82) is 0 Å². The van der Waals surface area contributed by atoms with Crippen LogP contribution in [0.2, 0.25) is 0 Å². The third-order valence-electron chi connectivity index (χ3n) is 3.33. The molecule has 0 spiro atoms. The molecule has 0 fully saturated rings. The van der Waals surface area contributed by atoms with Gasteiger partial charge in [0.15, 0.2) is 0 Å². The molecule has 0 aromatic heterocycles. The van der Waals surface area contributed by atoms with Crippen molar-refractivity contribution in [3.8, 4) is 0 Å². The average Bonchev–Trinajstić information content (AvgIpc) is 2.60. The van der Waals surface area contributed by atoms with Gasteiger partial charge in [-0.15, -0.1) is 0 Å². The van der Waals surface area contributed by atoms with E-state index in [-0.39, 0.29) is 12.2 Å². The van der Waals surface area contributed by atoms with Crippen LogP contribution in [0.5, 0.6) is 0 Å². The summed E-state index contributed by atoms with van der Waals surface area (Å²) in [4.78, 5) is 10.3. The summed E-state index contributed by atoms with van der Waals surface area (Å²) in [6, 6.07) is 0. The molecule has 0 aromatic carbocycles. The number of aliphatic hydroxyl groups excluding tert-OH is 2. The second-order valence-electron chi connectivity index (χ2n) is 5.73. The van der Waals surface area contributed by atoms with Gasteiger partial charge in [0.2, 0.25) is 0 Å². The first kappa shape index (κ1) is 23.5. The quantitative estimate of drug-likeness (QED) is 0.250. The van der Waals surface area contributed by atoms with Crippen molar-refractivity contribution in [2.75, 3.05) is 0 Å². The average molecular weight is 360 g/mol. The molecule has 3 N–H and O–H groups in total. The molecule has 4 heteroatoms. The van der Waals surface area contributed by atoms with E-state index in [1.807, 2.05) is 42.5 Å². The van der Waals surface area contributed by atoms with Gasteiger partial charge < -0.3 is 15.3 Å². The van der Waals surface area contributed by atoms with Gasteiger partial charge in [0.1, 0.15) is 0 Å². The number of hydrogen-bond acceptors (Lipinski definition) is 3. The van der Waals surface area contributed by atoms with Crippen LogP contribution in [0.3, 0.4) is 0 Å². The highest BCUT2D eigenvalue weighted by Crippen LogP contribution is 2.03. The monoisotopic (exact) mass is 360 g/mol. The zero-order valence-electron chi connectivity index (χ0n) is 15.7. The van der Waals surface area contributed by atoms with Gasteiger partial charge >= 0.3 is 5.97 Å². The number of allylic oxidation sites excluding steroid dienone is 10. The minimum absolute atomic E-state index is 0.114. The van der Waals surface area contributed by atoms with E-state index in [4.69, 9.17) is 5.11 Å². The fraction of sp³-hybridized carbons (Fsp3) is 0.409. The third-order valence-corrected chi connectivity index (χ3v) is 3.33. The second kappa shape index (κ2) is 17.3. The Morgan fingerprint density at radius 1 is 0.692 bits per heavy atom. The van der Waals surface area contributed by atoms with Gasteiger partial charge in [0, 0.05) is 19.3 Å². The van der Waals surface area contributed by atoms with Crippen molar-refractivity contribution in [2.24, 2.45) is 0 Å². The lowest BCUT2D eigenvalue weighted by atomic mass is 10.2. The Morgan fingerprint density at radius 3 is 1.69 bits per heavy atom. The van der Waals surface area contributed by atoms with E-state index in [0.29, 0.717) is 37.9 Å². The fourth-order valence-electron chi connectivity index (χ4n) is 1.94. The van der Waals surface area contributed by atoms with Gasteiger partial charge in [-0.3, -0.25) is 4.79 Å². The molecule has 26 heavy (non-hydrogen) atoms. The number of carboxylic acids is 1. The normalized spacial score (nSPS) is 13.7. The van der Waals surface area contributed by atoms with Gasteiger partial charge in [0.05, 0.1) is 11.5 Å². The summed E-state index contributed by atoms with van der Waals surface area (Å²) in [5.41, 5.74) is 0. The van der Waals surface area contributed by atoms with Gasteiger partial charge in [0.25, 0.3) is 0 Å². The molecule has 0 bridgehead atoms. The van der Waals surface area contributed by atoms with Crippen molar-refractivity contribution >= 4 is 5.97 Å². The molecule has 0 saturated heterocycles. The van der Waals surface area contributed by atoms with Crippen LogP contribution in [-0.2, 0) is 4.79 Å². The molecule has 0 saturated carbocycles. The standard InChI is InChI=1S/C22H32O4/c1-2-3-10-15-20(23)16-11-7-5-4-6-8-12-17-21(24)18-13-9-14-19-22(25)26/h3,5-10,13,16-17,23-24H,2,4,11-12,14-15,18-19H2,1H3,(H,25,26)/b7-5-,8-6-,10-3-,13-9-,20-16-,21-17-. The molecule has 0 atom stereocenters. The Balaban J connectivity index is 3.83. The van der Waals surface area contributed by atoms with Gasteiger partial charge in [-0.05, 0) is 44.3 Å². The lowest BCUT2D eigenvalue weighted by Crippen LogP contribution is -1.91. The van der Waals surface area contributed by atoms with Crippen molar-refractivity contribution in [3.05, 3.63) is 72.3 Å². The maximum atomic E-state index is 10.3. The van der Waals surface area contributed by atoms with Gasteiger partial charge in [-0.1, -0.05) is 55.5 Å². The predicted molar refractivity (Wildman–Crippen MR) is 108 cm³/mol. The first-order valence-electron chi connectivity index (χ1n) is 9.14.